The van der Waals surface area contributed by atoms with Crippen molar-refractivity contribution in [2.45, 2.75) is 18.9 Å². The Morgan fingerprint density at radius 1 is 1.41 bits per heavy atom. The fraction of sp³-hybridized carbons (Fsp3) is 0.333. The minimum Gasteiger partial charge on any atom is -0.394 e. The average molecular weight is 324 g/mol. The first-order valence-corrected chi connectivity index (χ1v) is 7.75. The summed E-state index contributed by atoms with van der Waals surface area (Å²) >= 11 is 1.13. The maximum Gasteiger partial charge on any atom is 0.265 e. The molecule has 2 heterocycles. The number of halogens is 2. The Labute approximate surface area is 130 Å². The monoisotopic (exact) mass is 324 g/mol. The van der Waals surface area contributed by atoms with Gasteiger partial charge in [-0.15, -0.1) is 11.3 Å². The van der Waals surface area contributed by atoms with Gasteiger partial charge in [-0.3, -0.25) is 4.79 Å². The minimum atomic E-state index is -0.944. The normalized spacial score (nSPS) is 18.0. The summed E-state index contributed by atoms with van der Waals surface area (Å²) in [4.78, 5) is 18.6. The Bertz CT molecular complexity index is 705. The molecule has 1 aliphatic heterocycles. The van der Waals surface area contributed by atoms with Crippen LogP contribution in [0.2, 0.25) is 0 Å². The highest BCUT2D eigenvalue weighted by Gasteiger charge is 2.29. The highest BCUT2D eigenvalue weighted by molar-refractivity contribution is 7.16. The lowest BCUT2D eigenvalue weighted by molar-refractivity contribution is 0.0682. The van der Waals surface area contributed by atoms with Crippen molar-refractivity contribution < 1.29 is 18.7 Å². The third-order valence-corrected chi connectivity index (χ3v) is 4.77. The van der Waals surface area contributed by atoms with Gasteiger partial charge in [-0.2, -0.15) is 0 Å². The molecule has 116 valence electrons. The van der Waals surface area contributed by atoms with Crippen molar-refractivity contribution in [2.75, 3.05) is 13.2 Å². The number of carbonyl (C=O) groups is 1. The molecule has 22 heavy (non-hydrogen) atoms. The molecule has 0 bridgehead atoms. The van der Waals surface area contributed by atoms with Crippen LogP contribution >= 0.6 is 11.3 Å². The van der Waals surface area contributed by atoms with Crippen molar-refractivity contribution in [2.24, 2.45) is 0 Å². The zero-order valence-corrected chi connectivity index (χ0v) is 12.4. The highest BCUT2D eigenvalue weighted by atomic mass is 32.1. The second kappa shape index (κ2) is 6.10. The Balaban J connectivity index is 1.84. The van der Waals surface area contributed by atoms with Crippen LogP contribution in [0.4, 0.5) is 8.78 Å². The number of likely N-dealkylation sites (tertiary alicyclic amines) is 1. The predicted molar refractivity (Wildman–Crippen MR) is 78.6 cm³/mol. The molecule has 1 saturated heterocycles. The third kappa shape index (κ3) is 2.74. The van der Waals surface area contributed by atoms with E-state index in [1.54, 1.807) is 4.90 Å². The van der Waals surface area contributed by atoms with E-state index in [9.17, 15) is 18.7 Å². The molecule has 1 amide bonds. The molecule has 0 unspecified atom stereocenters. The van der Waals surface area contributed by atoms with Gasteiger partial charge < -0.3 is 10.0 Å². The molecule has 0 saturated carbocycles. The average Bonchev–Trinajstić information content (AvgIpc) is 3.17. The van der Waals surface area contributed by atoms with Crippen LogP contribution in [0.1, 0.15) is 22.5 Å². The SMILES string of the molecule is O=C(c1cnc(-c2ccc(F)c(F)c2)s1)N1CCC[C@@H]1CO. The quantitative estimate of drug-likeness (QED) is 0.944. The fourth-order valence-electron chi connectivity index (χ4n) is 2.57. The minimum absolute atomic E-state index is 0.0550. The molecule has 1 aliphatic rings. The number of carbonyl (C=O) groups excluding carboxylic acids is 1. The van der Waals surface area contributed by atoms with Gasteiger partial charge in [0.25, 0.3) is 5.91 Å². The second-order valence-corrected chi connectivity index (χ2v) is 6.17. The molecule has 1 aromatic carbocycles. The van der Waals surface area contributed by atoms with Crippen molar-refractivity contribution in [3.8, 4) is 10.6 Å². The largest absolute Gasteiger partial charge is 0.394 e. The zero-order chi connectivity index (χ0) is 15.7. The van der Waals surface area contributed by atoms with Gasteiger partial charge in [0.1, 0.15) is 9.88 Å². The molecule has 4 nitrogen and oxygen atoms in total. The lowest BCUT2D eigenvalue weighted by Gasteiger charge is -2.21. The van der Waals surface area contributed by atoms with E-state index in [-0.39, 0.29) is 18.6 Å². The zero-order valence-electron chi connectivity index (χ0n) is 11.6. The van der Waals surface area contributed by atoms with E-state index in [4.69, 9.17) is 0 Å². The van der Waals surface area contributed by atoms with Crippen LogP contribution in [0.3, 0.4) is 0 Å². The number of amides is 1. The smallest absolute Gasteiger partial charge is 0.265 e. The lowest BCUT2D eigenvalue weighted by Crippen LogP contribution is -2.37. The van der Waals surface area contributed by atoms with E-state index in [1.165, 1.54) is 12.3 Å². The molecule has 2 aromatic rings. The van der Waals surface area contributed by atoms with Crippen molar-refractivity contribution >= 4 is 17.2 Å². The molecule has 0 spiro atoms. The van der Waals surface area contributed by atoms with Gasteiger partial charge in [-0.1, -0.05) is 0 Å². The molecule has 1 N–H and O–H groups in total. The maximum atomic E-state index is 13.3. The van der Waals surface area contributed by atoms with Crippen LogP contribution in [-0.2, 0) is 0 Å². The van der Waals surface area contributed by atoms with E-state index < -0.39 is 11.6 Å². The van der Waals surface area contributed by atoms with E-state index >= 15 is 0 Å². The Kier molecular flexibility index (Phi) is 4.17. The van der Waals surface area contributed by atoms with Crippen molar-refractivity contribution in [1.82, 2.24) is 9.88 Å². The second-order valence-electron chi connectivity index (χ2n) is 5.14. The maximum absolute atomic E-state index is 13.3. The molecular formula is C15H14F2N2O2S. The number of benzene rings is 1. The lowest BCUT2D eigenvalue weighted by atomic mass is 10.2. The van der Waals surface area contributed by atoms with Gasteiger partial charge in [-0.05, 0) is 31.0 Å². The number of aromatic nitrogens is 1. The molecular weight excluding hydrogens is 310 g/mol. The van der Waals surface area contributed by atoms with Crippen molar-refractivity contribution in [3.63, 3.8) is 0 Å². The van der Waals surface area contributed by atoms with Gasteiger partial charge >= 0.3 is 0 Å². The third-order valence-electron chi connectivity index (χ3n) is 3.73. The highest BCUT2D eigenvalue weighted by Crippen LogP contribution is 2.28. The van der Waals surface area contributed by atoms with Crippen LogP contribution in [0.25, 0.3) is 10.6 Å². The number of aliphatic hydroxyl groups is 1. The summed E-state index contributed by atoms with van der Waals surface area (Å²) in [6.07, 6.45) is 3.10. The number of rotatable bonds is 3. The Morgan fingerprint density at radius 2 is 2.23 bits per heavy atom. The van der Waals surface area contributed by atoms with E-state index in [0.29, 0.717) is 22.0 Å². The van der Waals surface area contributed by atoms with E-state index in [1.807, 2.05) is 0 Å². The fourth-order valence-corrected chi connectivity index (χ4v) is 3.44. The topological polar surface area (TPSA) is 53.4 Å². The summed E-state index contributed by atoms with van der Waals surface area (Å²) in [5.41, 5.74) is 0.433. The van der Waals surface area contributed by atoms with Crippen LogP contribution in [-0.4, -0.2) is 40.1 Å². The van der Waals surface area contributed by atoms with Crippen LogP contribution in [0, 0.1) is 11.6 Å². The summed E-state index contributed by atoms with van der Waals surface area (Å²) in [7, 11) is 0. The number of nitrogens with zero attached hydrogens (tertiary/aromatic N) is 2. The number of hydrogen-bond donors (Lipinski definition) is 1. The predicted octanol–water partition coefficient (Wildman–Crippen LogP) is 2.69. The first kappa shape index (κ1) is 15.1. The van der Waals surface area contributed by atoms with E-state index in [2.05, 4.69) is 4.98 Å². The van der Waals surface area contributed by atoms with Crippen molar-refractivity contribution in [1.29, 1.82) is 0 Å². The molecule has 7 heteroatoms. The molecule has 0 radical (unpaired) electrons. The molecule has 1 atom stereocenters. The molecule has 1 fully saturated rings. The number of hydrogen-bond acceptors (Lipinski definition) is 4. The summed E-state index contributed by atoms with van der Waals surface area (Å²) in [6, 6.07) is 3.38. The summed E-state index contributed by atoms with van der Waals surface area (Å²) in [5, 5.41) is 9.75. The Hall–Kier alpha value is -1.86. The first-order valence-electron chi connectivity index (χ1n) is 6.93. The first-order chi connectivity index (χ1) is 10.6. The van der Waals surface area contributed by atoms with Crippen LogP contribution in [0.5, 0.6) is 0 Å². The molecule has 3 rings (SSSR count). The van der Waals surface area contributed by atoms with E-state index in [0.717, 1.165) is 36.3 Å². The van der Waals surface area contributed by atoms with Gasteiger partial charge in [0, 0.05) is 12.1 Å². The standard InChI is InChI=1S/C15H14F2N2O2S/c16-11-4-3-9(6-12(11)17)14-18-7-13(22-14)15(21)19-5-1-2-10(19)8-20/h3-4,6-7,10,20H,1-2,5,8H2/t10-/m1/s1. The molecule has 0 aliphatic carbocycles. The summed E-state index contributed by atoms with van der Waals surface area (Å²) < 4.78 is 26.2. The Morgan fingerprint density at radius 3 is 2.95 bits per heavy atom. The van der Waals surface area contributed by atoms with Crippen molar-refractivity contribution in [3.05, 3.63) is 40.9 Å². The molecule has 1 aromatic heterocycles. The van der Waals surface area contributed by atoms with Gasteiger partial charge in [0.15, 0.2) is 11.6 Å². The van der Waals surface area contributed by atoms with Crippen LogP contribution < -0.4 is 0 Å². The van der Waals surface area contributed by atoms with Gasteiger partial charge in [0.05, 0.1) is 18.8 Å². The number of aliphatic hydroxyl groups excluding tert-OH is 1. The summed E-state index contributed by atoms with van der Waals surface area (Å²) in [6.45, 7) is 0.559. The van der Waals surface area contributed by atoms with Crippen LogP contribution in [0.15, 0.2) is 24.4 Å². The summed E-state index contributed by atoms with van der Waals surface area (Å²) in [5.74, 6) is -2.04. The van der Waals surface area contributed by atoms with Gasteiger partial charge in [-0.25, -0.2) is 13.8 Å². The van der Waals surface area contributed by atoms with Gasteiger partial charge in [0.2, 0.25) is 0 Å². The number of thiazole rings is 1.